The van der Waals surface area contributed by atoms with Crippen molar-refractivity contribution in [2.45, 2.75) is 26.3 Å². The van der Waals surface area contributed by atoms with E-state index in [1.807, 2.05) is 26.0 Å². The maximum Gasteiger partial charge on any atom is 0.208 e. The fraction of sp³-hybridized carbons (Fsp3) is 0.556. The molecule has 1 unspecified atom stereocenters. The number of rotatable bonds is 4. The van der Waals surface area contributed by atoms with Crippen LogP contribution < -0.4 is 4.72 Å². The highest BCUT2D eigenvalue weighted by atomic mass is 32.2. The van der Waals surface area contributed by atoms with Crippen LogP contribution in [0, 0.1) is 6.92 Å². The molecule has 0 bridgehead atoms. The number of nitrogens with one attached hydrogen (secondary N) is 1. The fourth-order valence-electron chi connectivity index (χ4n) is 1.30. The maximum atomic E-state index is 10.9. The van der Waals surface area contributed by atoms with Crippen molar-refractivity contribution in [1.29, 1.82) is 0 Å². The predicted octanol–water partition coefficient (Wildman–Crippen LogP) is 1.54. The average Bonchev–Trinajstić information content (AvgIpc) is 2.30. The van der Waals surface area contributed by atoms with Gasteiger partial charge in [-0.25, -0.2) is 13.1 Å². The zero-order valence-electron chi connectivity index (χ0n) is 8.57. The molecular weight excluding hydrogens is 218 g/mol. The molecule has 3 nitrogen and oxygen atoms in total. The van der Waals surface area contributed by atoms with Gasteiger partial charge in [-0.2, -0.15) is 0 Å². The Bertz CT molecular complexity index is 395. The molecule has 80 valence electrons. The van der Waals surface area contributed by atoms with Gasteiger partial charge in [-0.15, -0.1) is 11.3 Å². The van der Waals surface area contributed by atoms with Gasteiger partial charge in [0.15, 0.2) is 0 Å². The molecule has 0 saturated heterocycles. The van der Waals surface area contributed by atoms with Gasteiger partial charge in [0.05, 0.1) is 6.26 Å². The molecule has 0 saturated carbocycles. The number of hydrogen-bond donors (Lipinski definition) is 1. The van der Waals surface area contributed by atoms with Crippen LogP contribution in [0.1, 0.15) is 16.7 Å². The van der Waals surface area contributed by atoms with Gasteiger partial charge >= 0.3 is 0 Å². The third-order valence-corrected chi connectivity index (χ3v) is 3.57. The quantitative estimate of drug-likeness (QED) is 0.857. The lowest BCUT2D eigenvalue weighted by atomic mass is 10.2. The summed E-state index contributed by atoms with van der Waals surface area (Å²) >= 11 is 1.71. The molecule has 14 heavy (non-hydrogen) atoms. The minimum Gasteiger partial charge on any atom is -0.213 e. The third kappa shape index (κ3) is 4.21. The van der Waals surface area contributed by atoms with Crippen molar-refractivity contribution in [1.82, 2.24) is 4.72 Å². The van der Waals surface area contributed by atoms with Crippen molar-refractivity contribution >= 4 is 21.4 Å². The first-order valence-corrected chi connectivity index (χ1v) is 7.10. The van der Waals surface area contributed by atoms with Crippen molar-refractivity contribution in [3.05, 3.63) is 21.9 Å². The van der Waals surface area contributed by atoms with Crippen LogP contribution in [0.2, 0.25) is 0 Å². The minimum absolute atomic E-state index is 0.0388. The Morgan fingerprint density at radius 2 is 2.14 bits per heavy atom. The SMILES string of the molecule is Cc1ccc(CC(C)NS(C)(=O)=O)s1. The molecule has 5 heteroatoms. The van der Waals surface area contributed by atoms with Gasteiger partial charge in [-0.3, -0.25) is 0 Å². The smallest absolute Gasteiger partial charge is 0.208 e. The summed E-state index contributed by atoms with van der Waals surface area (Å²) < 4.78 is 24.4. The molecule has 0 spiro atoms. The van der Waals surface area contributed by atoms with E-state index in [0.717, 1.165) is 6.42 Å². The number of thiophene rings is 1. The maximum absolute atomic E-state index is 10.9. The number of sulfonamides is 1. The lowest BCUT2D eigenvalue weighted by molar-refractivity contribution is 0.566. The molecule has 1 aromatic rings. The van der Waals surface area contributed by atoms with Gasteiger partial charge in [-0.05, 0) is 32.4 Å². The van der Waals surface area contributed by atoms with Crippen molar-refractivity contribution in [2.75, 3.05) is 6.26 Å². The van der Waals surface area contributed by atoms with E-state index >= 15 is 0 Å². The third-order valence-electron chi connectivity index (χ3n) is 1.72. The Balaban J connectivity index is 2.53. The highest BCUT2D eigenvalue weighted by Crippen LogP contribution is 2.16. The molecular formula is C9H15NO2S2. The predicted molar refractivity (Wildman–Crippen MR) is 60.2 cm³/mol. The van der Waals surface area contributed by atoms with Crippen molar-refractivity contribution in [2.24, 2.45) is 0 Å². The topological polar surface area (TPSA) is 46.2 Å². The van der Waals surface area contributed by atoms with Gasteiger partial charge in [0.1, 0.15) is 0 Å². The second kappa shape index (κ2) is 4.42. The van der Waals surface area contributed by atoms with Crippen LogP contribution in [-0.2, 0) is 16.4 Å². The van der Waals surface area contributed by atoms with Gasteiger partial charge in [0.25, 0.3) is 0 Å². The minimum atomic E-state index is -3.08. The van der Waals surface area contributed by atoms with E-state index in [1.54, 1.807) is 11.3 Å². The molecule has 0 radical (unpaired) electrons. The van der Waals surface area contributed by atoms with Crippen molar-refractivity contribution in [3.63, 3.8) is 0 Å². The van der Waals surface area contributed by atoms with Crippen molar-refractivity contribution < 1.29 is 8.42 Å². The summed E-state index contributed by atoms with van der Waals surface area (Å²) in [7, 11) is -3.08. The van der Waals surface area contributed by atoms with E-state index in [2.05, 4.69) is 4.72 Å². The van der Waals surface area contributed by atoms with Gasteiger partial charge in [0.2, 0.25) is 10.0 Å². The first-order valence-electron chi connectivity index (χ1n) is 4.39. The molecule has 0 aromatic carbocycles. The molecule has 0 amide bonds. The lowest BCUT2D eigenvalue weighted by Crippen LogP contribution is -2.32. The summed E-state index contributed by atoms with van der Waals surface area (Å²) in [6.07, 6.45) is 1.94. The van der Waals surface area contributed by atoms with Gasteiger partial charge in [-0.1, -0.05) is 0 Å². The van der Waals surface area contributed by atoms with E-state index in [1.165, 1.54) is 16.0 Å². The second-order valence-electron chi connectivity index (χ2n) is 3.51. The van der Waals surface area contributed by atoms with E-state index in [9.17, 15) is 8.42 Å². The molecule has 0 aliphatic carbocycles. The van der Waals surface area contributed by atoms with E-state index in [-0.39, 0.29) is 6.04 Å². The molecule has 1 heterocycles. The van der Waals surface area contributed by atoms with E-state index in [0.29, 0.717) is 0 Å². The standard InChI is InChI=1S/C9H15NO2S2/c1-7(10-14(3,11)12)6-9-5-4-8(2)13-9/h4-5,7,10H,6H2,1-3H3. The van der Waals surface area contributed by atoms with E-state index in [4.69, 9.17) is 0 Å². The highest BCUT2D eigenvalue weighted by Gasteiger charge is 2.09. The summed E-state index contributed by atoms with van der Waals surface area (Å²) in [5.41, 5.74) is 0. The van der Waals surface area contributed by atoms with Gasteiger partial charge in [0, 0.05) is 15.8 Å². The molecule has 1 aromatic heterocycles. The first-order chi connectivity index (χ1) is 6.37. The van der Waals surface area contributed by atoms with E-state index < -0.39 is 10.0 Å². The Morgan fingerprint density at radius 3 is 2.57 bits per heavy atom. The Kier molecular flexibility index (Phi) is 3.69. The Morgan fingerprint density at radius 1 is 1.50 bits per heavy atom. The Hall–Kier alpha value is -0.390. The zero-order chi connectivity index (χ0) is 10.8. The first kappa shape index (κ1) is 11.7. The van der Waals surface area contributed by atoms with Crippen LogP contribution >= 0.6 is 11.3 Å². The molecule has 1 N–H and O–H groups in total. The van der Waals surface area contributed by atoms with Crippen LogP contribution in [0.25, 0.3) is 0 Å². The summed E-state index contributed by atoms with van der Waals surface area (Å²) in [4.78, 5) is 2.47. The summed E-state index contributed by atoms with van der Waals surface area (Å²) in [5, 5.41) is 0. The molecule has 1 atom stereocenters. The number of aryl methyl sites for hydroxylation is 1. The van der Waals surface area contributed by atoms with Crippen LogP contribution in [0.4, 0.5) is 0 Å². The zero-order valence-corrected chi connectivity index (χ0v) is 10.2. The summed E-state index contributed by atoms with van der Waals surface area (Å²) in [6.45, 7) is 3.92. The summed E-state index contributed by atoms with van der Waals surface area (Å²) in [5.74, 6) is 0. The highest BCUT2D eigenvalue weighted by molar-refractivity contribution is 7.88. The van der Waals surface area contributed by atoms with Crippen molar-refractivity contribution in [3.8, 4) is 0 Å². The number of hydrogen-bond acceptors (Lipinski definition) is 3. The summed E-state index contributed by atoms with van der Waals surface area (Å²) in [6, 6.07) is 4.05. The molecule has 0 aliphatic heterocycles. The van der Waals surface area contributed by atoms with Crippen LogP contribution in [0.3, 0.4) is 0 Å². The second-order valence-corrected chi connectivity index (χ2v) is 6.66. The van der Waals surface area contributed by atoms with Gasteiger partial charge < -0.3 is 0 Å². The van der Waals surface area contributed by atoms with Crippen LogP contribution in [-0.4, -0.2) is 20.7 Å². The molecule has 0 aliphatic rings. The monoisotopic (exact) mass is 233 g/mol. The fourth-order valence-corrected chi connectivity index (χ4v) is 3.14. The van der Waals surface area contributed by atoms with Crippen LogP contribution in [0.15, 0.2) is 12.1 Å². The largest absolute Gasteiger partial charge is 0.213 e. The lowest BCUT2D eigenvalue weighted by Gasteiger charge is -2.10. The molecule has 0 fully saturated rings. The Labute approximate surface area is 89.2 Å². The normalized spacial score (nSPS) is 14.2. The average molecular weight is 233 g/mol. The molecule has 1 rings (SSSR count). The van der Waals surface area contributed by atoms with Crippen LogP contribution in [0.5, 0.6) is 0 Å².